The number of aromatic hydroxyl groups is 1. The first-order chi connectivity index (χ1) is 10.8. The molecule has 2 fully saturated rings. The topological polar surface area (TPSA) is 78.8 Å². The Morgan fingerprint density at radius 1 is 1.39 bits per heavy atom. The zero-order chi connectivity index (χ0) is 16.2. The average Bonchev–Trinajstić information content (AvgIpc) is 2.84. The van der Waals surface area contributed by atoms with Gasteiger partial charge in [0.15, 0.2) is 23.4 Å². The van der Waals surface area contributed by atoms with Crippen molar-refractivity contribution >= 4 is 28.4 Å². The second kappa shape index (κ2) is 4.03. The van der Waals surface area contributed by atoms with E-state index in [9.17, 15) is 15.0 Å². The summed E-state index contributed by atoms with van der Waals surface area (Å²) >= 11 is 2.39. The van der Waals surface area contributed by atoms with Crippen LogP contribution in [0.4, 0.5) is 0 Å². The van der Waals surface area contributed by atoms with E-state index in [4.69, 9.17) is 4.74 Å². The fourth-order valence-corrected chi connectivity index (χ4v) is 6.78. The van der Waals surface area contributed by atoms with Crippen LogP contribution in [-0.2, 0) is 13.6 Å². The summed E-state index contributed by atoms with van der Waals surface area (Å²) in [5, 5.41) is 25.6. The Hall–Kier alpha value is -0.860. The molecule has 2 aliphatic carbocycles. The van der Waals surface area contributed by atoms with E-state index in [1.54, 1.807) is 6.07 Å². The second-order valence-electron chi connectivity index (χ2n) is 7.41. The molecule has 5 atom stereocenters. The van der Waals surface area contributed by atoms with E-state index < -0.39 is 17.1 Å². The number of phenols is 1. The number of hydrogen-bond acceptors (Lipinski definition) is 5. The van der Waals surface area contributed by atoms with Gasteiger partial charge in [0.2, 0.25) is 0 Å². The molecule has 6 heteroatoms. The van der Waals surface area contributed by atoms with Gasteiger partial charge < -0.3 is 20.3 Å². The van der Waals surface area contributed by atoms with Crippen molar-refractivity contribution in [1.29, 1.82) is 0 Å². The standard InChI is InChI=1S/C17H18INO4/c1-15(18)8-2-3-9(20)12-11(8)16-6-7-19-14(15)17(16,22)5-4-10(21)13(16)23-12/h2-3,13-14,19-20,22H,4-7H2,1H3/t13-,14+,15?,16-,17?/m0/s1. The third-order valence-electron chi connectivity index (χ3n) is 6.50. The number of nitrogens with one attached hydrogen (secondary N) is 1. The van der Waals surface area contributed by atoms with E-state index in [2.05, 4.69) is 34.8 Å². The van der Waals surface area contributed by atoms with Gasteiger partial charge in [-0.1, -0.05) is 28.7 Å². The van der Waals surface area contributed by atoms with Crippen molar-refractivity contribution in [2.75, 3.05) is 6.54 Å². The van der Waals surface area contributed by atoms with Gasteiger partial charge in [0, 0.05) is 12.0 Å². The molecule has 2 aliphatic heterocycles. The van der Waals surface area contributed by atoms with Crippen LogP contribution >= 0.6 is 22.6 Å². The number of alkyl halides is 1. The van der Waals surface area contributed by atoms with Crippen LogP contribution in [0.15, 0.2) is 12.1 Å². The van der Waals surface area contributed by atoms with E-state index in [0.29, 0.717) is 25.0 Å². The van der Waals surface area contributed by atoms with Gasteiger partial charge in [-0.2, -0.15) is 0 Å². The van der Waals surface area contributed by atoms with Crippen molar-refractivity contribution in [2.24, 2.45) is 0 Å². The molecule has 0 radical (unpaired) electrons. The molecule has 5 rings (SSSR count). The van der Waals surface area contributed by atoms with Gasteiger partial charge >= 0.3 is 0 Å². The van der Waals surface area contributed by atoms with Crippen LogP contribution in [0.3, 0.4) is 0 Å². The van der Waals surface area contributed by atoms with Crippen LogP contribution in [-0.4, -0.2) is 40.3 Å². The monoisotopic (exact) mass is 427 g/mol. The van der Waals surface area contributed by atoms with Crippen LogP contribution in [0.1, 0.15) is 37.3 Å². The van der Waals surface area contributed by atoms with Crippen LogP contribution in [0.5, 0.6) is 11.5 Å². The van der Waals surface area contributed by atoms with Crippen molar-refractivity contribution in [1.82, 2.24) is 5.32 Å². The molecular weight excluding hydrogens is 409 g/mol. The van der Waals surface area contributed by atoms with E-state index >= 15 is 0 Å². The zero-order valence-electron chi connectivity index (χ0n) is 12.7. The fourth-order valence-electron chi connectivity index (χ4n) is 5.60. The van der Waals surface area contributed by atoms with Crippen molar-refractivity contribution in [3.8, 4) is 11.5 Å². The summed E-state index contributed by atoms with van der Waals surface area (Å²) in [6.45, 7) is 2.84. The van der Waals surface area contributed by atoms with E-state index in [0.717, 1.165) is 17.7 Å². The fraction of sp³-hybridized carbons (Fsp3) is 0.588. The molecule has 1 aromatic rings. The number of phenolic OH excluding ortho intramolecular Hbond substituents is 1. The number of Topliss-reactive ketones (excluding diaryl/α,β-unsaturated/α-hetero) is 1. The minimum Gasteiger partial charge on any atom is -0.504 e. The highest BCUT2D eigenvalue weighted by Gasteiger charge is 2.75. The average molecular weight is 427 g/mol. The molecule has 2 heterocycles. The molecular formula is C17H18INO4. The number of benzene rings is 1. The lowest BCUT2D eigenvalue weighted by molar-refractivity contribution is -0.169. The molecule has 122 valence electrons. The molecule has 5 nitrogen and oxygen atoms in total. The van der Waals surface area contributed by atoms with Crippen LogP contribution < -0.4 is 10.1 Å². The molecule has 4 aliphatic rings. The number of hydrogen-bond donors (Lipinski definition) is 3. The maximum atomic E-state index is 12.6. The van der Waals surface area contributed by atoms with Crippen LogP contribution in [0.25, 0.3) is 0 Å². The maximum absolute atomic E-state index is 12.6. The number of carbonyl (C=O) groups is 1. The Morgan fingerprint density at radius 3 is 2.96 bits per heavy atom. The summed E-state index contributed by atoms with van der Waals surface area (Å²) in [7, 11) is 0. The van der Waals surface area contributed by atoms with E-state index in [1.165, 1.54) is 0 Å². The lowest BCUT2D eigenvalue weighted by atomic mass is 9.47. The summed E-state index contributed by atoms with van der Waals surface area (Å²) in [6, 6.07) is 3.42. The zero-order valence-corrected chi connectivity index (χ0v) is 14.9. The lowest BCUT2D eigenvalue weighted by Gasteiger charge is -2.63. The van der Waals surface area contributed by atoms with Crippen molar-refractivity contribution in [2.45, 2.75) is 52.8 Å². The summed E-state index contributed by atoms with van der Waals surface area (Å²) in [5.41, 5.74) is 0.163. The molecule has 23 heavy (non-hydrogen) atoms. The SMILES string of the molecule is CC1(I)c2ccc(O)c3c2[C@]24CCN[C@H]1C2(O)CCC(=O)[C@@H]4O3. The molecule has 0 aromatic heterocycles. The molecule has 1 saturated carbocycles. The quantitative estimate of drug-likeness (QED) is 0.432. The molecule has 2 bridgehead atoms. The Labute approximate surface area is 147 Å². The van der Waals surface area contributed by atoms with Crippen LogP contribution in [0.2, 0.25) is 0 Å². The predicted octanol–water partition coefficient (Wildman–Crippen LogP) is 1.51. The van der Waals surface area contributed by atoms with Gasteiger partial charge in [-0.25, -0.2) is 0 Å². The molecule has 1 spiro atoms. The summed E-state index contributed by atoms with van der Waals surface area (Å²) < 4.78 is 5.65. The first-order valence-electron chi connectivity index (χ1n) is 8.05. The smallest absolute Gasteiger partial charge is 0.174 e. The Morgan fingerprint density at radius 2 is 2.17 bits per heavy atom. The summed E-state index contributed by atoms with van der Waals surface area (Å²) in [5.74, 6) is 0.505. The number of aliphatic hydroxyl groups is 1. The highest BCUT2D eigenvalue weighted by atomic mass is 127. The molecule has 0 amide bonds. The van der Waals surface area contributed by atoms with Gasteiger partial charge in [-0.15, -0.1) is 0 Å². The molecule has 1 saturated heterocycles. The van der Waals surface area contributed by atoms with Gasteiger partial charge in [-0.05, 0) is 37.9 Å². The van der Waals surface area contributed by atoms with Gasteiger partial charge in [-0.3, -0.25) is 4.79 Å². The highest BCUT2D eigenvalue weighted by Crippen LogP contribution is 2.67. The third-order valence-corrected chi connectivity index (χ3v) is 7.70. The second-order valence-corrected chi connectivity index (χ2v) is 9.65. The van der Waals surface area contributed by atoms with Crippen molar-refractivity contribution in [3.05, 3.63) is 23.3 Å². The van der Waals surface area contributed by atoms with Gasteiger partial charge in [0.25, 0.3) is 0 Å². The third kappa shape index (κ3) is 1.34. The Kier molecular flexibility index (Phi) is 2.54. The van der Waals surface area contributed by atoms with Crippen LogP contribution in [0, 0.1) is 0 Å². The van der Waals surface area contributed by atoms with Crippen molar-refractivity contribution < 1.29 is 19.7 Å². The number of ether oxygens (including phenoxy) is 1. The highest BCUT2D eigenvalue weighted by molar-refractivity contribution is 14.1. The maximum Gasteiger partial charge on any atom is 0.174 e. The Bertz CT molecular complexity index is 763. The predicted molar refractivity (Wildman–Crippen MR) is 91.2 cm³/mol. The molecule has 1 aromatic carbocycles. The van der Waals surface area contributed by atoms with E-state index in [-0.39, 0.29) is 21.0 Å². The van der Waals surface area contributed by atoms with Gasteiger partial charge in [0.05, 0.1) is 20.5 Å². The van der Waals surface area contributed by atoms with Gasteiger partial charge in [0.1, 0.15) is 0 Å². The number of carbonyl (C=O) groups excluding carboxylic acids is 1. The molecule has 2 unspecified atom stereocenters. The van der Waals surface area contributed by atoms with Crippen molar-refractivity contribution in [3.63, 3.8) is 0 Å². The molecule has 3 N–H and O–H groups in total. The van der Waals surface area contributed by atoms with E-state index in [1.807, 2.05) is 6.07 Å². The minimum atomic E-state index is -1.04. The first-order valence-corrected chi connectivity index (χ1v) is 9.13. The number of rotatable bonds is 0. The first kappa shape index (κ1) is 14.5. The minimum absolute atomic E-state index is 0.0361. The lowest BCUT2D eigenvalue weighted by Crippen LogP contribution is -2.79. The number of ketones is 1. The number of piperidine rings is 1. The largest absolute Gasteiger partial charge is 0.504 e. The number of halogens is 1. The Balaban J connectivity index is 1.94. The summed E-state index contributed by atoms with van der Waals surface area (Å²) in [6.07, 6.45) is 0.724. The summed E-state index contributed by atoms with van der Waals surface area (Å²) in [4.78, 5) is 12.6. The normalized spacial score (nSPS) is 46.3.